The number of piperidine rings is 1. The van der Waals surface area contributed by atoms with Crippen LogP contribution in [0.3, 0.4) is 0 Å². The normalized spacial score (nSPS) is 18.7. The molecule has 31 heavy (non-hydrogen) atoms. The minimum Gasteiger partial charge on any atom is -0.379 e. The molecule has 4 heterocycles. The van der Waals surface area contributed by atoms with E-state index in [1.807, 2.05) is 0 Å². The maximum absolute atomic E-state index is 5.88. The summed E-state index contributed by atoms with van der Waals surface area (Å²) in [5.74, 6) is 2.00. The molecule has 0 saturated carbocycles. The van der Waals surface area contributed by atoms with E-state index in [0.29, 0.717) is 6.10 Å². The molecule has 0 bridgehead atoms. The van der Waals surface area contributed by atoms with Crippen LogP contribution < -0.4 is 4.90 Å². The third kappa shape index (κ3) is 4.60. The van der Waals surface area contributed by atoms with Gasteiger partial charge in [0.15, 0.2) is 0 Å². The lowest BCUT2D eigenvalue weighted by molar-refractivity contribution is 0.0331. The van der Waals surface area contributed by atoms with Crippen molar-refractivity contribution in [3.8, 4) is 11.1 Å². The quantitative estimate of drug-likeness (QED) is 0.575. The van der Waals surface area contributed by atoms with Crippen LogP contribution in [0, 0.1) is 0 Å². The SMILES string of the molecule is CCOC1CCN(c2nc(CN3CCOCC3)nc3scc(-c4ccccc4)c23)CC1. The molecular weight excluding hydrogens is 408 g/mol. The molecule has 2 saturated heterocycles. The maximum Gasteiger partial charge on any atom is 0.146 e. The van der Waals surface area contributed by atoms with E-state index in [1.165, 1.54) is 16.5 Å². The highest BCUT2D eigenvalue weighted by atomic mass is 32.1. The van der Waals surface area contributed by atoms with Crippen molar-refractivity contribution >= 4 is 27.4 Å². The van der Waals surface area contributed by atoms with E-state index in [0.717, 1.165) is 81.9 Å². The number of rotatable bonds is 6. The van der Waals surface area contributed by atoms with Crippen molar-refractivity contribution in [3.05, 3.63) is 41.5 Å². The molecule has 2 aliphatic rings. The van der Waals surface area contributed by atoms with Crippen molar-refractivity contribution < 1.29 is 9.47 Å². The first kappa shape index (κ1) is 20.8. The molecule has 0 amide bonds. The van der Waals surface area contributed by atoms with E-state index >= 15 is 0 Å². The summed E-state index contributed by atoms with van der Waals surface area (Å²) in [6.07, 6.45) is 2.45. The van der Waals surface area contributed by atoms with Crippen molar-refractivity contribution in [2.75, 3.05) is 50.9 Å². The number of nitrogens with zero attached hydrogens (tertiary/aromatic N) is 4. The van der Waals surface area contributed by atoms with E-state index in [4.69, 9.17) is 19.4 Å². The van der Waals surface area contributed by atoms with Gasteiger partial charge in [0.05, 0.1) is 31.2 Å². The first-order chi connectivity index (χ1) is 15.3. The first-order valence-electron chi connectivity index (χ1n) is 11.3. The maximum atomic E-state index is 5.88. The van der Waals surface area contributed by atoms with E-state index in [9.17, 15) is 0 Å². The van der Waals surface area contributed by atoms with Crippen molar-refractivity contribution in [2.45, 2.75) is 32.4 Å². The molecule has 6 nitrogen and oxygen atoms in total. The number of fused-ring (bicyclic) bond motifs is 1. The van der Waals surface area contributed by atoms with Gasteiger partial charge in [-0.25, -0.2) is 9.97 Å². The Morgan fingerprint density at radius 1 is 1.06 bits per heavy atom. The van der Waals surface area contributed by atoms with E-state index in [-0.39, 0.29) is 0 Å². The molecule has 0 spiro atoms. The summed E-state index contributed by atoms with van der Waals surface area (Å²) in [4.78, 5) is 16.1. The van der Waals surface area contributed by atoms with Crippen LogP contribution in [0.1, 0.15) is 25.6 Å². The fourth-order valence-electron chi connectivity index (χ4n) is 4.53. The van der Waals surface area contributed by atoms with Crippen LogP contribution in [0.15, 0.2) is 35.7 Å². The zero-order chi connectivity index (χ0) is 21.0. The van der Waals surface area contributed by atoms with Gasteiger partial charge in [0.25, 0.3) is 0 Å². The van der Waals surface area contributed by atoms with Gasteiger partial charge in [-0.15, -0.1) is 11.3 Å². The largest absolute Gasteiger partial charge is 0.379 e. The second kappa shape index (κ2) is 9.61. The predicted octanol–water partition coefficient (Wildman–Crippen LogP) is 4.20. The zero-order valence-electron chi connectivity index (χ0n) is 18.1. The van der Waals surface area contributed by atoms with Crippen LogP contribution >= 0.6 is 11.3 Å². The summed E-state index contributed by atoms with van der Waals surface area (Å²) >= 11 is 1.73. The molecule has 0 aliphatic carbocycles. The topological polar surface area (TPSA) is 50.7 Å². The van der Waals surface area contributed by atoms with E-state index in [1.54, 1.807) is 11.3 Å². The highest BCUT2D eigenvalue weighted by Crippen LogP contribution is 2.39. The van der Waals surface area contributed by atoms with Gasteiger partial charge in [-0.1, -0.05) is 30.3 Å². The molecule has 2 fully saturated rings. The second-order valence-corrected chi connectivity index (χ2v) is 9.05. The second-order valence-electron chi connectivity index (χ2n) is 8.19. The van der Waals surface area contributed by atoms with E-state index < -0.39 is 0 Å². The van der Waals surface area contributed by atoms with Gasteiger partial charge in [0.1, 0.15) is 16.5 Å². The van der Waals surface area contributed by atoms with Gasteiger partial charge in [0, 0.05) is 43.7 Å². The summed E-state index contributed by atoms with van der Waals surface area (Å²) in [6, 6.07) is 10.6. The van der Waals surface area contributed by atoms with E-state index in [2.05, 4.69) is 52.4 Å². The van der Waals surface area contributed by atoms with Crippen molar-refractivity contribution in [1.29, 1.82) is 0 Å². The molecule has 2 aliphatic heterocycles. The zero-order valence-corrected chi connectivity index (χ0v) is 18.9. The smallest absolute Gasteiger partial charge is 0.146 e. The van der Waals surface area contributed by atoms with Crippen LogP contribution in [0.2, 0.25) is 0 Å². The highest BCUT2D eigenvalue weighted by molar-refractivity contribution is 7.17. The fraction of sp³-hybridized carbons (Fsp3) is 0.500. The molecule has 164 valence electrons. The van der Waals surface area contributed by atoms with Crippen molar-refractivity contribution in [2.24, 2.45) is 0 Å². The number of morpholine rings is 1. The Morgan fingerprint density at radius 2 is 1.84 bits per heavy atom. The van der Waals surface area contributed by atoms with Crippen LogP contribution in [0.5, 0.6) is 0 Å². The Labute approximate surface area is 187 Å². The Kier molecular flexibility index (Phi) is 6.45. The molecule has 0 unspecified atom stereocenters. The van der Waals surface area contributed by atoms with Gasteiger partial charge in [-0.2, -0.15) is 0 Å². The molecule has 0 N–H and O–H groups in total. The van der Waals surface area contributed by atoms with Gasteiger partial charge in [-0.05, 0) is 25.3 Å². The number of benzene rings is 1. The minimum atomic E-state index is 0.363. The van der Waals surface area contributed by atoms with Crippen LogP contribution in [-0.2, 0) is 16.0 Å². The van der Waals surface area contributed by atoms with Crippen LogP contribution in [0.4, 0.5) is 5.82 Å². The lowest BCUT2D eigenvalue weighted by Gasteiger charge is -2.33. The first-order valence-corrected chi connectivity index (χ1v) is 12.2. The minimum absolute atomic E-state index is 0.363. The van der Waals surface area contributed by atoms with Crippen molar-refractivity contribution in [1.82, 2.24) is 14.9 Å². The van der Waals surface area contributed by atoms with Gasteiger partial charge < -0.3 is 14.4 Å². The molecule has 2 aromatic heterocycles. The third-order valence-electron chi connectivity index (χ3n) is 6.16. The predicted molar refractivity (Wildman–Crippen MR) is 126 cm³/mol. The molecular formula is C24H30N4O2S. The number of anilines is 1. The fourth-order valence-corrected chi connectivity index (χ4v) is 5.49. The standard InChI is InChI=1S/C24H30N4O2S/c1-2-30-19-8-10-28(11-9-19)23-22-20(18-6-4-3-5-7-18)17-31-24(22)26-21(25-23)16-27-12-14-29-15-13-27/h3-7,17,19H,2,8-16H2,1H3. The summed E-state index contributed by atoms with van der Waals surface area (Å²) in [6.45, 7) is 9.04. The Morgan fingerprint density at radius 3 is 2.58 bits per heavy atom. The molecule has 7 heteroatoms. The lowest BCUT2D eigenvalue weighted by atomic mass is 10.0. The number of hydrogen-bond acceptors (Lipinski definition) is 7. The number of ether oxygens (including phenoxy) is 2. The molecule has 0 atom stereocenters. The molecule has 3 aromatic rings. The molecule has 0 radical (unpaired) electrons. The van der Waals surface area contributed by atoms with Gasteiger partial charge in [0.2, 0.25) is 0 Å². The Hall–Kier alpha value is -2.06. The monoisotopic (exact) mass is 438 g/mol. The summed E-state index contributed by atoms with van der Waals surface area (Å²) in [5, 5.41) is 3.43. The summed E-state index contributed by atoms with van der Waals surface area (Å²) in [7, 11) is 0. The van der Waals surface area contributed by atoms with Crippen LogP contribution in [0.25, 0.3) is 21.3 Å². The summed E-state index contributed by atoms with van der Waals surface area (Å²) in [5.41, 5.74) is 2.46. The molecule has 1 aromatic carbocycles. The average Bonchev–Trinajstić information content (AvgIpc) is 3.25. The third-order valence-corrected chi connectivity index (χ3v) is 7.03. The number of thiophene rings is 1. The van der Waals surface area contributed by atoms with Gasteiger partial charge >= 0.3 is 0 Å². The van der Waals surface area contributed by atoms with Crippen molar-refractivity contribution in [3.63, 3.8) is 0 Å². The Bertz CT molecular complexity index is 995. The number of hydrogen-bond donors (Lipinski definition) is 0. The summed E-state index contributed by atoms with van der Waals surface area (Å²) < 4.78 is 11.4. The Balaban J connectivity index is 1.51. The van der Waals surface area contributed by atoms with Crippen LogP contribution in [-0.4, -0.2) is 67.0 Å². The van der Waals surface area contributed by atoms with Gasteiger partial charge in [-0.3, -0.25) is 4.90 Å². The number of aromatic nitrogens is 2. The molecule has 5 rings (SSSR count). The lowest BCUT2D eigenvalue weighted by Crippen LogP contribution is -2.38. The average molecular weight is 439 g/mol. The highest BCUT2D eigenvalue weighted by Gasteiger charge is 2.25.